The molecule has 1 saturated heterocycles. The summed E-state index contributed by atoms with van der Waals surface area (Å²) in [6, 6.07) is 3.36. The van der Waals surface area contributed by atoms with Gasteiger partial charge in [0, 0.05) is 19.3 Å². The summed E-state index contributed by atoms with van der Waals surface area (Å²) in [5, 5.41) is 5.65. The van der Waals surface area contributed by atoms with E-state index in [0.717, 1.165) is 32.6 Å². The number of amides is 2. The van der Waals surface area contributed by atoms with Gasteiger partial charge in [0.2, 0.25) is 5.91 Å². The van der Waals surface area contributed by atoms with Gasteiger partial charge in [-0.1, -0.05) is 0 Å². The fraction of sp³-hybridized carbons (Fsp3) is 0.500. The fourth-order valence-corrected chi connectivity index (χ4v) is 1.97. The SMILES string of the molecule is O=C(CN1CCCNCC1)NC(=O)c1ccc[nH]1. The minimum Gasteiger partial charge on any atom is -0.357 e. The third-order valence-corrected chi connectivity index (χ3v) is 2.90. The van der Waals surface area contributed by atoms with E-state index in [4.69, 9.17) is 0 Å². The van der Waals surface area contributed by atoms with Crippen molar-refractivity contribution in [1.82, 2.24) is 20.5 Å². The van der Waals surface area contributed by atoms with Crippen LogP contribution in [0.3, 0.4) is 0 Å². The molecule has 2 amide bonds. The molecule has 98 valence electrons. The summed E-state index contributed by atoms with van der Waals surface area (Å²) in [6.07, 6.45) is 2.68. The Labute approximate surface area is 106 Å². The van der Waals surface area contributed by atoms with E-state index in [0.29, 0.717) is 5.69 Å². The largest absolute Gasteiger partial charge is 0.357 e. The third-order valence-electron chi connectivity index (χ3n) is 2.90. The van der Waals surface area contributed by atoms with Gasteiger partial charge in [-0.05, 0) is 31.6 Å². The molecule has 0 aromatic carbocycles. The van der Waals surface area contributed by atoms with Crippen LogP contribution in [0.5, 0.6) is 0 Å². The Morgan fingerprint density at radius 1 is 1.33 bits per heavy atom. The highest BCUT2D eigenvalue weighted by molar-refractivity contribution is 6.04. The second-order valence-corrected chi connectivity index (χ2v) is 4.34. The van der Waals surface area contributed by atoms with Crippen LogP contribution in [-0.2, 0) is 4.79 Å². The van der Waals surface area contributed by atoms with Gasteiger partial charge in [0.05, 0.1) is 6.54 Å². The van der Waals surface area contributed by atoms with Gasteiger partial charge in [0.1, 0.15) is 5.69 Å². The molecule has 6 nitrogen and oxygen atoms in total. The predicted molar refractivity (Wildman–Crippen MR) is 67.2 cm³/mol. The van der Waals surface area contributed by atoms with Crippen molar-refractivity contribution >= 4 is 11.8 Å². The van der Waals surface area contributed by atoms with Crippen molar-refractivity contribution in [2.24, 2.45) is 0 Å². The number of H-pyrrole nitrogens is 1. The monoisotopic (exact) mass is 250 g/mol. The number of nitrogens with one attached hydrogen (secondary N) is 3. The Balaban J connectivity index is 1.79. The van der Waals surface area contributed by atoms with Crippen LogP contribution in [0, 0.1) is 0 Å². The molecule has 18 heavy (non-hydrogen) atoms. The average molecular weight is 250 g/mol. The Kier molecular flexibility index (Phi) is 4.49. The highest BCUT2D eigenvalue weighted by Gasteiger charge is 2.15. The maximum Gasteiger partial charge on any atom is 0.274 e. The van der Waals surface area contributed by atoms with Crippen molar-refractivity contribution in [2.75, 3.05) is 32.7 Å². The predicted octanol–water partition coefficient (Wildman–Crippen LogP) is -0.434. The Hall–Kier alpha value is -1.66. The lowest BCUT2D eigenvalue weighted by Gasteiger charge is -2.18. The average Bonchev–Trinajstić information content (AvgIpc) is 2.76. The van der Waals surface area contributed by atoms with Crippen LogP contribution >= 0.6 is 0 Å². The highest BCUT2D eigenvalue weighted by atomic mass is 16.2. The number of aromatic amines is 1. The summed E-state index contributed by atoms with van der Waals surface area (Å²) >= 11 is 0. The molecular formula is C12H18N4O2. The molecule has 0 saturated carbocycles. The van der Waals surface area contributed by atoms with Gasteiger partial charge in [-0.15, -0.1) is 0 Å². The first-order chi connectivity index (χ1) is 8.75. The third kappa shape index (κ3) is 3.68. The van der Waals surface area contributed by atoms with E-state index < -0.39 is 0 Å². The van der Waals surface area contributed by atoms with Gasteiger partial charge in [-0.3, -0.25) is 19.8 Å². The van der Waals surface area contributed by atoms with E-state index in [1.807, 2.05) is 0 Å². The molecule has 1 aliphatic heterocycles. The van der Waals surface area contributed by atoms with E-state index in [1.54, 1.807) is 18.3 Å². The number of carbonyl (C=O) groups excluding carboxylic acids is 2. The molecular weight excluding hydrogens is 232 g/mol. The number of nitrogens with zero attached hydrogens (tertiary/aromatic N) is 1. The van der Waals surface area contributed by atoms with E-state index >= 15 is 0 Å². The van der Waals surface area contributed by atoms with Crippen molar-refractivity contribution in [1.29, 1.82) is 0 Å². The van der Waals surface area contributed by atoms with Gasteiger partial charge in [0.15, 0.2) is 0 Å². The zero-order valence-electron chi connectivity index (χ0n) is 10.2. The van der Waals surface area contributed by atoms with Crippen LogP contribution in [0.1, 0.15) is 16.9 Å². The number of aromatic nitrogens is 1. The van der Waals surface area contributed by atoms with Gasteiger partial charge in [0.25, 0.3) is 5.91 Å². The summed E-state index contributed by atoms with van der Waals surface area (Å²) < 4.78 is 0. The van der Waals surface area contributed by atoms with E-state index in [9.17, 15) is 9.59 Å². The number of hydrogen-bond donors (Lipinski definition) is 3. The Morgan fingerprint density at radius 3 is 3.00 bits per heavy atom. The van der Waals surface area contributed by atoms with E-state index in [1.165, 1.54) is 0 Å². The van der Waals surface area contributed by atoms with Crippen LogP contribution in [-0.4, -0.2) is 54.4 Å². The Bertz CT molecular complexity index is 394. The smallest absolute Gasteiger partial charge is 0.274 e. The van der Waals surface area contributed by atoms with Crippen molar-refractivity contribution in [3.8, 4) is 0 Å². The van der Waals surface area contributed by atoms with Gasteiger partial charge in [-0.25, -0.2) is 0 Å². The summed E-state index contributed by atoms with van der Waals surface area (Å²) in [5.41, 5.74) is 0.404. The fourth-order valence-electron chi connectivity index (χ4n) is 1.97. The van der Waals surface area contributed by atoms with E-state index in [-0.39, 0.29) is 18.4 Å². The molecule has 1 aromatic rings. The van der Waals surface area contributed by atoms with E-state index in [2.05, 4.69) is 20.5 Å². The maximum absolute atomic E-state index is 11.7. The topological polar surface area (TPSA) is 77.2 Å². The summed E-state index contributed by atoms with van der Waals surface area (Å²) in [5.74, 6) is -0.630. The highest BCUT2D eigenvalue weighted by Crippen LogP contribution is 1.96. The van der Waals surface area contributed by atoms with Crippen LogP contribution < -0.4 is 10.6 Å². The molecule has 1 aromatic heterocycles. The molecule has 0 bridgehead atoms. The molecule has 0 atom stereocenters. The second-order valence-electron chi connectivity index (χ2n) is 4.34. The minimum absolute atomic E-state index is 0.253. The number of rotatable bonds is 3. The number of imide groups is 1. The molecule has 0 radical (unpaired) electrons. The van der Waals surface area contributed by atoms with Gasteiger partial charge >= 0.3 is 0 Å². The van der Waals surface area contributed by atoms with Crippen LogP contribution in [0.2, 0.25) is 0 Å². The molecule has 6 heteroatoms. The lowest BCUT2D eigenvalue weighted by Crippen LogP contribution is -2.41. The van der Waals surface area contributed by atoms with Crippen LogP contribution in [0.4, 0.5) is 0 Å². The second kappa shape index (κ2) is 6.32. The molecule has 2 heterocycles. The molecule has 0 unspecified atom stereocenters. The molecule has 2 rings (SSSR count). The van der Waals surface area contributed by atoms with Crippen molar-refractivity contribution in [3.05, 3.63) is 24.0 Å². The van der Waals surface area contributed by atoms with Crippen molar-refractivity contribution in [2.45, 2.75) is 6.42 Å². The summed E-state index contributed by atoms with van der Waals surface area (Å²) in [4.78, 5) is 28.2. The molecule has 0 aliphatic carbocycles. The summed E-state index contributed by atoms with van der Waals surface area (Å²) in [6.45, 7) is 3.87. The zero-order valence-corrected chi connectivity index (χ0v) is 10.2. The zero-order chi connectivity index (χ0) is 12.8. The number of hydrogen-bond acceptors (Lipinski definition) is 4. The van der Waals surface area contributed by atoms with Crippen molar-refractivity contribution in [3.63, 3.8) is 0 Å². The molecule has 1 aliphatic rings. The molecule has 3 N–H and O–H groups in total. The van der Waals surface area contributed by atoms with Crippen LogP contribution in [0.15, 0.2) is 18.3 Å². The summed E-state index contributed by atoms with van der Waals surface area (Å²) in [7, 11) is 0. The first-order valence-corrected chi connectivity index (χ1v) is 6.16. The molecule has 0 spiro atoms. The van der Waals surface area contributed by atoms with Gasteiger partial charge in [-0.2, -0.15) is 0 Å². The Morgan fingerprint density at radius 2 is 2.22 bits per heavy atom. The normalized spacial score (nSPS) is 17.1. The number of carbonyl (C=O) groups is 2. The lowest BCUT2D eigenvalue weighted by atomic mass is 10.3. The van der Waals surface area contributed by atoms with Gasteiger partial charge < -0.3 is 10.3 Å². The van der Waals surface area contributed by atoms with Crippen LogP contribution in [0.25, 0.3) is 0 Å². The lowest BCUT2D eigenvalue weighted by molar-refractivity contribution is -0.121. The first kappa shape index (κ1) is 12.8. The first-order valence-electron chi connectivity index (χ1n) is 6.16. The standard InChI is InChI=1S/C12H18N4O2/c17-11(9-16-7-2-4-13-6-8-16)15-12(18)10-3-1-5-14-10/h1,3,5,13-14H,2,4,6-9H2,(H,15,17,18). The van der Waals surface area contributed by atoms with Crippen molar-refractivity contribution < 1.29 is 9.59 Å². The maximum atomic E-state index is 11.7. The molecule has 1 fully saturated rings. The minimum atomic E-state index is -0.377. The quantitative estimate of drug-likeness (QED) is 0.680.